The number of nitrogen functional groups attached to an aromatic ring is 1. The molecule has 0 aliphatic heterocycles. The van der Waals surface area contributed by atoms with Crippen molar-refractivity contribution >= 4 is 28.4 Å². The number of hydrogen-bond acceptors (Lipinski definition) is 4. The van der Waals surface area contributed by atoms with Crippen molar-refractivity contribution in [2.24, 2.45) is 0 Å². The Bertz CT molecular complexity index is 912. The molecule has 5 heteroatoms. The summed E-state index contributed by atoms with van der Waals surface area (Å²) in [5.41, 5.74) is 7.83. The van der Waals surface area contributed by atoms with Crippen LogP contribution in [0.15, 0.2) is 54.7 Å². The van der Waals surface area contributed by atoms with E-state index in [9.17, 15) is 4.79 Å². The Balaban J connectivity index is 2.02. The van der Waals surface area contributed by atoms with Gasteiger partial charge in [-0.2, -0.15) is 0 Å². The second-order valence-electron chi connectivity index (χ2n) is 6.80. The van der Waals surface area contributed by atoms with Gasteiger partial charge < -0.3 is 10.5 Å². The maximum Gasteiger partial charge on any atom is 0.412 e. The van der Waals surface area contributed by atoms with E-state index < -0.39 is 11.7 Å². The van der Waals surface area contributed by atoms with Crippen molar-refractivity contribution in [3.63, 3.8) is 0 Å². The Hall–Kier alpha value is -3.08. The number of nitrogens with two attached hydrogens (primary N) is 1. The fourth-order valence-electron chi connectivity index (χ4n) is 2.64. The monoisotopic (exact) mass is 335 g/mol. The first-order chi connectivity index (χ1) is 11.8. The molecule has 3 N–H and O–H groups in total. The number of benzene rings is 2. The van der Waals surface area contributed by atoms with E-state index in [1.807, 2.05) is 63.2 Å². The molecule has 3 aromatic rings. The average molecular weight is 335 g/mol. The van der Waals surface area contributed by atoms with Crippen LogP contribution in [0.2, 0.25) is 0 Å². The lowest BCUT2D eigenvalue weighted by molar-refractivity contribution is 0.0636. The van der Waals surface area contributed by atoms with Gasteiger partial charge in [0, 0.05) is 17.1 Å². The highest BCUT2D eigenvalue weighted by molar-refractivity contribution is 6.06. The van der Waals surface area contributed by atoms with Gasteiger partial charge in [-0.1, -0.05) is 30.3 Å². The molecule has 0 atom stereocenters. The molecule has 3 rings (SSSR count). The van der Waals surface area contributed by atoms with Crippen LogP contribution in [0.25, 0.3) is 21.9 Å². The zero-order chi connectivity index (χ0) is 18.0. The molecule has 5 nitrogen and oxygen atoms in total. The number of nitrogens with one attached hydrogen (secondary N) is 1. The first-order valence-corrected chi connectivity index (χ1v) is 8.07. The molecule has 1 aromatic heterocycles. The molecule has 0 radical (unpaired) electrons. The van der Waals surface area contributed by atoms with Crippen LogP contribution in [0.4, 0.5) is 16.3 Å². The van der Waals surface area contributed by atoms with E-state index in [4.69, 9.17) is 10.5 Å². The third-order valence-corrected chi connectivity index (χ3v) is 3.66. The molecule has 0 aliphatic carbocycles. The van der Waals surface area contributed by atoms with Crippen molar-refractivity contribution in [3.05, 3.63) is 54.7 Å². The second-order valence-corrected chi connectivity index (χ2v) is 6.80. The molecule has 0 saturated heterocycles. The van der Waals surface area contributed by atoms with Crippen LogP contribution in [-0.2, 0) is 4.74 Å². The molecule has 25 heavy (non-hydrogen) atoms. The maximum atomic E-state index is 12.1. The summed E-state index contributed by atoms with van der Waals surface area (Å²) < 4.78 is 5.34. The van der Waals surface area contributed by atoms with Crippen molar-refractivity contribution in [3.8, 4) is 11.1 Å². The number of fused-ring (bicyclic) bond motifs is 1. The molecule has 2 aromatic carbocycles. The summed E-state index contributed by atoms with van der Waals surface area (Å²) in [6.07, 6.45) is 1.28. The summed E-state index contributed by atoms with van der Waals surface area (Å²) in [4.78, 5) is 16.3. The number of nitrogens with zero attached hydrogens (tertiary/aromatic N) is 1. The molecule has 128 valence electrons. The molecule has 0 fully saturated rings. The quantitative estimate of drug-likeness (QED) is 0.703. The van der Waals surface area contributed by atoms with Gasteiger partial charge in [0.05, 0.1) is 5.69 Å². The summed E-state index contributed by atoms with van der Waals surface area (Å²) in [5.74, 6) is 0.483. The topological polar surface area (TPSA) is 77.2 Å². The zero-order valence-corrected chi connectivity index (χ0v) is 14.5. The lowest BCUT2D eigenvalue weighted by atomic mass is 9.98. The normalized spacial score (nSPS) is 11.3. The molecule has 0 spiro atoms. The number of amides is 1. The van der Waals surface area contributed by atoms with Crippen molar-refractivity contribution in [2.45, 2.75) is 26.4 Å². The zero-order valence-electron chi connectivity index (χ0n) is 14.5. The number of carbonyl (C=O) groups is 1. The number of carbonyl (C=O) groups excluding carboxylic acids is 1. The summed E-state index contributed by atoms with van der Waals surface area (Å²) in [6, 6.07) is 15.4. The Morgan fingerprint density at radius 1 is 1.04 bits per heavy atom. The maximum absolute atomic E-state index is 12.1. The van der Waals surface area contributed by atoms with Gasteiger partial charge in [-0.3, -0.25) is 5.32 Å². The summed E-state index contributed by atoms with van der Waals surface area (Å²) in [7, 11) is 0. The van der Waals surface area contributed by atoms with Gasteiger partial charge in [0.2, 0.25) is 0 Å². The minimum absolute atomic E-state index is 0.473. The molecule has 1 amide bonds. The van der Waals surface area contributed by atoms with E-state index in [0.717, 1.165) is 21.9 Å². The number of anilines is 2. The summed E-state index contributed by atoms with van der Waals surface area (Å²) in [5, 5.41) is 4.78. The van der Waals surface area contributed by atoms with Crippen LogP contribution in [0, 0.1) is 0 Å². The predicted molar refractivity (Wildman–Crippen MR) is 101 cm³/mol. The van der Waals surface area contributed by atoms with Crippen molar-refractivity contribution in [1.29, 1.82) is 0 Å². The highest BCUT2D eigenvalue weighted by Crippen LogP contribution is 2.33. The molecule has 0 unspecified atom stereocenters. The molecule has 0 aliphatic rings. The summed E-state index contributed by atoms with van der Waals surface area (Å²) >= 11 is 0. The van der Waals surface area contributed by atoms with E-state index in [1.165, 1.54) is 0 Å². The van der Waals surface area contributed by atoms with Gasteiger partial charge in [0.25, 0.3) is 0 Å². The number of ether oxygens (including phenoxy) is 1. The van der Waals surface area contributed by atoms with Crippen LogP contribution in [0.3, 0.4) is 0 Å². The minimum Gasteiger partial charge on any atom is -0.444 e. The lowest BCUT2D eigenvalue weighted by Gasteiger charge is -2.20. The highest BCUT2D eigenvalue weighted by atomic mass is 16.6. The van der Waals surface area contributed by atoms with Gasteiger partial charge in [-0.05, 0) is 49.9 Å². The van der Waals surface area contributed by atoms with Crippen LogP contribution in [0.5, 0.6) is 0 Å². The standard InChI is InChI=1S/C20H21N3O2/c1-20(2,3)25-19(24)23-17-10-9-14(13-8-11-18(21)22-12-13)15-6-4-5-7-16(15)17/h4-12H,1-3H3,(H2,21,22)(H,23,24). The van der Waals surface area contributed by atoms with E-state index in [0.29, 0.717) is 11.5 Å². The van der Waals surface area contributed by atoms with Crippen molar-refractivity contribution < 1.29 is 9.53 Å². The molecular formula is C20H21N3O2. The van der Waals surface area contributed by atoms with Crippen LogP contribution >= 0.6 is 0 Å². The van der Waals surface area contributed by atoms with E-state index in [1.54, 1.807) is 12.3 Å². The predicted octanol–water partition coefficient (Wildman–Crippen LogP) is 4.83. The molecule has 0 bridgehead atoms. The fourth-order valence-corrected chi connectivity index (χ4v) is 2.64. The third kappa shape index (κ3) is 3.88. The minimum atomic E-state index is -0.546. The van der Waals surface area contributed by atoms with Gasteiger partial charge in [-0.15, -0.1) is 0 Å². The second kappa shape index (κ2) is 6.43. The molecular weight excluding hydrogens is 314 g/mol. The molecule has 1 heterocycles. The summed E-state index contributed by atoms with van der Waals surface area (Å²) in [6.45, 7) is 5.51. The largest absolute Gasteiger partial charge is 0.444 e. The number of pyridine rings is 1. The fraction of sp³-hybridized carbons (Fsp3) is 0.200. The SMILES string of the molecule is CC(C)(C)OC(=O)Nc1ccc(-c2ccc(N)nc2)c2ccccc12. The molecule has 0 saturated carbocycles. The van der Waals surface area contributed by atoms with Gasteiger partial charge in [0.15, 0.2) is 0 Å². The van der Waals surface area contributed by atoms with Crippen LogP contribution in [-0.4, -0.2) is 16.7 Å². The van der Waals surface area contributed by atoms with Gasteiger partial charge >= 0.3 is 6.09 Å². The average Bonchev–Trinajstić information content (AvgIpc) is 2.54. The van der Waals surface area contributed by atoms with E-state index in [-0.39, 0.29) is 0 Å². The first kappa shape index (κ1) is 16.8. The Morgan fingerprint density at radius 3 is 2.40 bits per heavy atom. The van der Waals surface area contributed by atoms with Crippen molar-refractivity contribution in [1.82, 2.24) is 4.98 Å². The smallest absolute Gasteiger partial charge is 0.412 e. The van der Waals surface area contributed by atoms with Crippen LogP contribution < -0.4 is 11.1 Å². The van der Waals surface area contributed by atoms with Crippen molar-refractivity contribution in [2.75, 3.05) is 11.1 Å². The number of aromatic nitrogens is 1. The highest BCUT2D eigenvalue weighted by Gasteiger charge is 2.17. The van der Waals surface area contributed by atoms with Crippen LogP contribution in [0.1, 0.15) is 20.8 Å². The third-order valence-electron chi connectivity index (χ3n) is 3.66. The Labute approximate surface area is 146 Å². The van der Waals surface area contributed by atoms with Gasteiger partial charge in [-0.25, -0.2) is 9.78 Å². The Kier molecular flexibility index (Phi) is 4.31. The van der Waals surface area contributed by atoms with E-state index >= 15 is 0 Å². The first-order valence-electron chi connectivity index (χ1n) is 8.07. The number of hydrogen-bond donors (Lipinski definition) is 2. The lowest BCUT2D eigenvalue weighted by Crippen LogP contribution is -2.27. The Morgan fingerprint density at radius 2 is 1.76 bits per heavy atom. The van der Waals surface area contributed by atoms with Gasteiger partial charge in [0.1, 0.15) is 11.4 Å². The van der Waals surface area contributed by atoms with E-state index in [2.05, 4.69) is 10.3 Å². The number of rotatable bonds is 2.